The predicted molar refractivity (Wildman–Crippen MR) is 74.2 cm³/mol. The van der Waals surface area contributed by atoms with Gasteiger partial charge in [-0.1, -0.05) is 41.1 Å². The topological polar surface area (TPSA) is 88.2 Å². The molecule has 0 aliphatic rings. The third-order valence-corrected chi connectivity index (χ3v) is 2.80. The molecule has 2 N–H and O–H groups in total. The Balaban J connectivity index is 2.33. The van der Waals surface area contributed by atoms with Crippen LogP contribution in [0.5, 0.6) is 0 Å². The van der Waals surface area contributed by atoms with Gasteiger partial charge >= 0.3 is 5.97 Å². The van der Waals surface area contributed by atoms with Crippen LogP contribution in [0.3, 0.4) is 0 Å². The molecule has 0 amide bonds. The fourth-order valence-electron chi connectivity index (χ4n) is 1.75. The maximum absolute atomic E-state index is 11.1. The lowest BCUT2D eigenvalue weighted by Crippen LogP contribution is -2.07. The number of hydrogen-bond acceptors (Lipinski definition) is 4. The third-order valence-electron chi connectivity index (χ3n) is 2.80. The number of aromatic nitrogens is 3. The Hall–Kier alpha value is -2.47. The first-order chi connectivity index (χ1) is 9.61. The molecule has 0 saturated carbocycles. The van der Waals surface area contributed by atoms with Gasteiger partial charge in [-0.3, -0.25) is 0 Å². The van der Waals surface area contributed by atoms with Crippen molar-refractivity contribution in [3.63, 3.8) is 0 Å². The van der Waals surface area contributed by atoms with Gasteiger partial charge in [0.25, 0.3) is 0 Å². The number of aromatic carboxylic acids is 1. The van der Waals surface area contributed by atoms with Gasteiger partial charge < -0.3 is 10.2 Å². The molecule has 0 atom stereocenters. The Morgan fingerprint density at radius 1 is 1.30 bits per heavy atom. The second kappa shape index (κ2) is 6.12. The van der Waals surface area contributed by atoms with E-state index in [1.807, 2.05) is 31.2 Å². The van der Waals surface area contributed by atoms with Crippen LogP contribution >= 0.6 is 0 Å². The lowest BCUT2D eigenvalue weighted by atomic mass is 10.1. The van der Waals surface area contributed by atoms with Crippen LogP contribution in [0.1, 0.15) is 27.3 Å². The number of aryl methyl sites for hydroxylation is 1. The van der Waals surface area contributed by atoms with Gasteiger partial charge in [-0.15, -0.1) is 5.10 Å². The van der Waals surface area contributed by atoms with Crippen molar-refractivity contribution in [2.75, 3.05) is 6.61 Å². The molecule has 6 nitrogen and oxygen atoms in total. The lowest BCUT2D eigenvalue weighted by Gasteiger charge is -2.01. The van der Waals surface area contributed by atoms with E-state index in [0.717, 1.165) is 11.1 Å². The molecule has 6 heteroatoms. The van der Waals surface area contributed by atoms with E-state index in [1.165, 1.54) is 4.68 Å². The molecule has 0 unspecified atom stereocenters. The standard InChI is InChI=1S/C14H15N3O3/c1-10-2-4-11(5-3-10)6-7-12-13(14(19)20)15-16-17(12)8-9-18/h2-7,18H,8-9H2,1H3,(H,19,20)/b7-6+. The molecule has 0 fully saturated rings. The third kappa shape index (κ3) is 3.10. The zero-order chi connectivity index (χ0) is 14.5. The summed E-state index contributed by atoms with van der Waals surface area (Å²) in [4.78, 5) is 11.1. The summed E-state index contributed by atoms with van der Waals surface area (Å²) >= 11 is 0. The van der Waals surface area contributed by atoms with Crippen LogP contribution in [-0.4, -0.2) is 37.8 Å². The largest absolute Gasteiger partial charge is 0.476 e. The summed E-state index contributed by atoms with van der Waals surface area (Å²) in [5.74, 6) is -1.14. The zero-order valence-electron chi connectivity index (χ0n) is 11.0. The quantitative estimate of drug-likeness (QED) is 0.860. The first kappa shape index (κ1) is 14.0. The van der Waals surface area contributed by atoms with E-state index >= 15 is 0 Å². The van der Waals surface area contributed by atoms with Gasteiger partial charge in [-0.2, -0.15) is 0 Å². The monoisotopic (exact) mass is 273 g/mol. The number of hydrogen-bond donors (Lipinski definition) is 2. The van der Waals surface area contributed by atoms with Crippen molar-refractivity contribution < 1.29 is 15.0 Å². The van der Waals surface area contributed by atoms with Crippen LogP contribution in [0.2, 0.25) is 0 Å². The van der Waals surface area contributed by atoms with E-state index in [1.54, 1.807) is 12.2 Å². The number of carboxylic acid groups (broad SMARTS) is 1. The predicted octanol–water partition coefficient (Wildman–Crippen LogP) is 1.45. The van der Waals surface area contributed by atoms with Crippen molar-refractivity contribution in [2.24, 2.45) is 0 Å². The summed E-state index contributed by atoms with van der Waals surface area (Å²) in [7, 11) is 0. The lowest BCUT2D eigenvalue weighted by molar-refractivity contribution is 0.0690. The summed E-state index contributed by atoms with van der Waals surface area (Å²) in [5.41, 5.74) is 2.35. The van der Waals surface area contributed by atoms with E-state index in [9.17, 15) is 4.79 Å². The number of nitrogens with zero attached hydrogens (tertiary/aromatic N) is 3. The highest BCUT2D eigenvalue weighted by atomic mass is 16.4. The van der Waals surface area contributed by atoms with Gasteiger partial charge in [0, 0.05) is 0 Å². The Labute approximate surface area is 116 Å². The average molecular weight is 273 g/mol. The number of aliphatic hydroxyl groups is 1. The van der Waals surface area contributed by atoms with Crippen molar-refractivity contribution in [3.05, 3.63) is 46.8 Å². The van der Waals surface area contributed by atoms with E-state index in [4.69, 9.17) is 10.2 Å². The van der Waals surface area contributed by atoms with Gasteiger partial charge in [-0.05, 0) is 18.6 Å². The molecule has 0 aliphatic heterocycles. The number of rotatable bonds is 5. The SMILES string of the molecule is Cc1ccc(/C=C/c2c(C(=O)O)nnn2CCO)cc1. The first-order valence-electron chi connectivity index (χ1n) is 6.14. The van der Waals surface area contributed by atoms with E-state index in [-0.39, 0.29) is 18.8 Å². The molecule has 104 valence electrons. The maximum Gasteiger partial charge on any atom is 0.358 e. The highest BCUT2D eigenvalue weighted by molar-refractivity contribution is 5.90. The Bertz CT molecular complexity index is 630. The van der Waals surface area contributed by atoms with Gasteiger partial charge in [0.1, 0.15) is 0 Å². The normalized spacial score (nSPS) is 11.1. The molecule has 0 spiro atoms. The molecule has 0 saturated heterocycles. The van der Waals surface area contributed by atoms with Crippen LogP contribution in [0.15, 0.2) is 24.3 Å². The minimum atomic E-state index is -1.14. The summed E-state index contributed by atoms with van der Waals surface area (Å²) in [6.45, 7) is 2.07. The number of aliphatic hydroxyl groups excluding tert-OH is 1. The molecular weight excluding hydrogens is 258 g/mol. The molecule has 20 heavy (non-hydrogen) atoms. The minimum Gasteiger partial charge on any atom is -0.476 e. The molecule has 0 radical (unpaired) electrons. The van der Waals surface area contributed by atoms with E-state index < -0.39 is 5.97 Å². The maximum atomic E-state index is 11.1. The highest BCUT2D eigenvalue weighted by Crippen LogP contribution is 2.12. The second-order valence-corrected chi connectivity index (χ2v) is 4.32. The van der Waals surface area contributed by atoms with Gasteiger partial charge in [0.2, 0.25) is 0 Å². The minimum absolute atomic E-state index is 0.123. The molecule has 1 aromatic carbocycles. The van der Waals surface area contributed by atoms with E-state index in [2.05, 4.69) is 10.3 Å². The van der Waals surface area contributed by atoms with Crippen molar-refractivity contribution in [1.29, 1.82) is 0 Å². The van der Waals surface area contributed by atoms with Crippen LogP contribution in [0.25, 0.3) is 12.2 Å². The Morgan fingerprint density at radius 3 is 2.60 bits per heavy atom. The van der Waals surface area contributed by atoms with Crippen LogP contribution < -0.4 is 0 Å². The van der Waals surface area contributed by atoms with Crippen LogP contribution in [-0.2, 0) is 6.54 Å². The Kier molecular flexibility index (Phi) is 4.27. The van der Waals surface area contributed by atoms with Crippen molar-refractivity contribution >= 4 is 18.1 Å². The fourth-order valence-corrected chi connectivity index (χ4v) is 1.75. The molecule has 1 aromatic heterocycles. The summed E-state index contributed by atoms with van der Waals surface area (Å²) in [6, 6.07) is 7.82. The summed E-state index contributed by atoms with van der Waals surface area (Å²) < 4.78 is 1.37. The first-order valence-corrected chi connectivity index (χ1v) is 6.14. The molecule has 2 rings (SSSR count). The Morgan fingerprint density at radius 2 is 2.00 bits per heavy atom. The fraction of sp³-hybridized carbons (Fsp3) is 0.214. The second-order valence-electron chi connectivity index (χ2n) is 4.32. The van der Waals surface area contributed by atoms with Crippen molar-refractivity contribution in [2.45, 2.75) is 13.5 Å². The summed E-state index contributed by atoms with van der Waals surface area (Å²) in [5, 5.41) is 25.4. The smallest absolute Gasteiger partial charge is 0.358 e. The number of carboxylic acids is 1. The molecule has 1 heterocycles. The number of benzene rings is 1. The van der Waals surface area contributed by atoms with Crippen molar-refractivity contribution in [3.8, 4) is 0 Å². The molecular formula is C14H15N3O3. The van der Waals surface area contributed by atoms with E-state index in [0.29, 0.717) is 5.69 Å². The number of carbonyl (C=O) groups is 1. The van der Waals surface area contributed by atoms with Gasteiger partial charge in [0.15, 0.2) is 5.69 Å². The van der Waals surface area contributed by atoms with Crippen LogP contribution in [0.4, 0.5) is 0 Å². The van der Waals surface area contributed by atoms with Gasteiger partial charge in [-0.25, -0.2) is 9.48 Å². The highest BCUT2D eigenvalue weighted by Gasteiger charge is 2.16. The van der Waals surface area contributed by atoms with Crippen LogP contribution in [0, 0.1) is 6.92 Å². The molecule has 2 aromatic rings. The van der Waals surface area contributed by atoms with Crippen molar-refractivity contribution in [1.82, 2.24) is 15.0 Å². The average Bonchev–Trinajstić information content (AvgIpc) is 2.82. The molecule has 0 bridgehead atoms. The summed E-state index contributed by atoms with van der Waals surface area (Å²) in [6.07, 6.45) is 3.43. The molecule has 0 aliphatic carbocycles. The van der Waals surface area contributed by atoms with Gasteiger partial charge in [0.05, 0.1) is 18.8 Å². The zero-order valence-corrected chi connectivity index (χ0v) is 11.0.